The molecule has 0 atom stereocenters. The van der Waals surface area contributed by atoms with E-state index in [1.165, 1.54) is 12.1 Å². The third-order valence-corrected chi connectivity index (χ3v) is 3.11. The van der Waals surface area contributed by atoms with Crippen LogP contribution >= 0.6 is 0 Å². The Labute approximate surface area is 112 Å². The normalized spacial score (nSPS) is 12.0. The fraction of sp³-hybridized carbons (Fsp3) is 0.571. The molecule has 0 saturated heterocycles. The minimum absolute atomic E-state index is 0.159. The predicted molar refractivity (Wildman–Crippen MR) is 72.4 cm³/mol. The second kappa shape index (κ2) is 6.28. The van der Waals surface area contributed by atoms with Gasteiger partial charge in [0.1, 0.15) is 0 Å². The molecule has 0 saturated carbocycles. The van der Waals surface area contributed by atoms with Crippen LogP contribution in [0.2, 0.25) is 0 Å². The molecule has 0 aliphatic rings. The Kier molecular flexibility index (Phi) is 5.23. The smallest absolute Gasteiger partial charge is 0.369 e. The molecule has 5 heteroatoms. The van der Waals surface area contributed by atoms with Gasteiger partial charge in [-0.2, -0.15) is 13.2 Å². The Morgan fingerprint density at radius 3 is 2.32 bits per heavy atom. The van der Waals surface area contributed by atoms with Gasteiger partial charge in [0.25, 0.3) is 0 Å². The van der Waals surface area contributed by atoms with E-state index in [0.29, 0.717) is 12.2 Å². The SMILES string of the molecule is CCN(c1ccc(CCN)c(C(F)(F)F)c1)C(C)C. The lowest BCUT2D eigenvalue weighted by atomic mass is 10.0. The van der Waals surface area contributed by atoms with Gasteiger partial charge in [-0.25, -0.2) is 0 Å². The number of halogens is 3. The third-order valence-electron chi connectivity index (χ3n) is 3.11. The van der Waals surface area contributed by atoms with Crippen molar-refractivity contribution in [1.29, 1.82) is 0 Å². The topological polar surface area (TPSA) is 29.3 Å². The van der Waals surface area contributed by atoms with Gasteiger partial charge in [0.2, 0.25) is 0 Å². The zero-order valence-electron chi connectivity index (χ0n) is 11.6. The molecule has 1 aromatic rings. The van der Waals surface area contributed by atoms with Crippen molar-refractivity contribution in [2.75, 3.05) is 18.0 Å². The summed E-state index contributed by atoms with van der Waals surface area (Å²) in [5.74, 6) is 0. The minimum Gasteiger partial charge on any atom is -0.369 e. The Hall–Kier alpha value is -1.23. The van der Waals surface area contributed by atoms with E-state index in [2.05, 4.69) is 0 Å². The second-order valence-electron chi connectivity index (χ2n) is 4.76. The molecule has 1 rings (SSSR count). The highest BCUT2D eigenvalue weighted by atomic mass is 19.4. The molecular weight excluding hydrogens is 253 g/mol. The molecule has 2 nitrogen and oxygen atoms in total. The van der Waals surface area contributed by atoms with E-state index in [9.17, 15) is 13.2 Å². The fourth-order valence-electron chi connectivity index (χ4n) is 2.23. The van der Waals surface area contributed by atoms with Crippen molar-refractivity contribution >= 4 is 5.69 Å². The molecule has 0 unspecified atom stereocenters. The first kappa shape index (κ1) is 15.8. The Bertz CT molecular complexity index is 414. The summed E-state index contributed by atoms with van der Waals surface area (Å²) in [5, 5.41) is 0. The first-order valence-electron chi connectivity index (χ1n) is 6.48. The molecule has 0 spiro atoms. The number of anilines is 1. The maximum atomic E-state index is 13.1. The highest BCUT2D eigenvalue weighted by Gasteiger charge is 2.33. The lowest BCUT2D eigenvalue weighted by Gasteiger charge is -2.28. The average Bonchev–Trinajstić information content (AvgIpc) is 2.30. The van der Waals surface area contributed by atoms with Crippen LogP contribution in [0.15, 0.2) is 18.2 Å². The summed E-state index contributed by atoms with van der Waals surface area (Å²) in [6, 6.07) is 4.67. The predicted octanol–water partition coefficient (Wildman–Crippen LogP) is 3.44. The van der Waals surface area contributed by atoms with E-state index in [0.717, 1.165) is 0 Å². The molecule has 0 fully saturated rings. The Balaban J connectivity index is 3.25. The molecule has 0 amide bonds. The number of rotatable bonds is 5. The van der Waals surface area contributed by atoms with Crippen LogP contribution < -0.4 is 10.6 Å². The maximum Gasteiger partial charge on any atom is 0.416 e. The molecule has 0 aromatic heterocycles. The van der Waals surface area contributed by atoms with Crippen LogP contribution in [0.3, 0.4) is 0 Å². The molecule has 1 aromatic carbocycles. The second-order valence-corrected chi connectivity index (χ2v) is 4.76. The van der Waals surface area contributed by atoms with E-state index >= 15 is 0 Å². The summed E-state index contributed by atoms with van der Waals surface area (Å²) >= 11 is 0. The first-order chi connectivity index (χ1) is 8.81. The lowest BCUT2D eigenvalue weighted by molar-refractivity contribution is -0.138. The summed E-state index contributed by atoms with van der Waals surface area (Å²) in [6.45, 7) is 6.74. The van der Waals surface area contributed by atoms with Crippen molar-refractivity contribution in [3.8, 4) is 0 Å². The van der Waals surface area contributed by atoms with Crippen molar-refractivity contribution in [3.05, 3.63) is 29.3 Å². The van der Waals surface area contributed by atoms with Gasteiger partial charge in [0, 0.05) is 18.3 Å². The number of benzene rings is 1. The molecule has 0 aliphatic heterocycles. The summed E-state index contributed by atoms with van der Waals surface area (Å²) in [6.07, 6.45) is -4.10. The van der Waals surface area contributed by atoms with E-state index in [4.69, 9.17) is 5.73 Å². The number of alkyl halides is 3. The third kappa shape index (κ3) is 3.86. The molecule has 0 radical (unpaired) electrons. The van der Waals surface area contributed by atoms with Crippen LogP contribution in [0.25, 0.3) is 0 Å². The number of nitrogens with two attached hydrogens (primary N) is 1. The standard InChI is InChI=1S/C14H21F3N2/c1-4-19(10(2)3)12-6-5-11(7-8-18)13(9-12)14(15,16)17/h5-6,9-10H,4,7-8,18H2,1-3H3. The zero-order chi connectivity index (χ0) is 14.6. The lowest BCUT2D eigenvalue weighted by Crippen LogP contribution is -2.30. The monoisotopic (exact) mass is 274 g/mol. The molecule has 0 bridgehead atoms. The zero-order valence-corrected chi connectivity index (χ0v) is 11.6. The van der Waals surface area contributed by atoms with Gasteiger partial charge in [-0.15, -0.1) is 0 Å². The summed E-state index contributed by atoms with van der Waals surface area (Å²) in [7, 11) is 0. The minimum atomic E-state index is -4.34. The molecular formula is C14H21F3N2. The van der Waals surface area contributed by atoms with Gasteiger partial charge in [-0.05, 0) is 51.4 Å². The molecule has 0 heterocycles. The Morgan fingerprint density at radius 1 is 1.26 bits per heavy atom. The van der Waals surface area contributed by atoms with Crippen LogP contribution in [-0.2, 0) is 12.6 Å². The Morgan fingerprint density at radius 2 is 1.89 bits per heavy atom. The van der Waals surface area contributed by atoms with Crippen LogP contribution in [0, 0.1) is 0 Å². The summed E-state index contributed by atoms with van der Waals surface area (Å²) in [4.78, 5) is 1.93. The van der Waals surface area contributed by atoms with Crippen LogP contribution in [0.1, 0.15) is 31.9 Å². The number of nitrogens with zero attached hydrogens (tertiary/aromatic N) is 1. The van der Waals surface area contributed by atoms with Crippen molar-refractivity contribution in [1.82, 2.24) is 0 Å². The van der Waals surface area contributed by atoms with Crippen molar-refractivity contribution in [2.45, 2.75) is 39.4 Å². The van der Waals surface area contributed by atoms with Crippen molar-refractivity contribution < 1.29 is 13.2 Å². The highest BCUT2D eigenvalue weighted by molar-refractivity contribution is 5.52. The number of hydrogen-bond acceptors (Lipinski definition) is 2. The quantitative estimate of drug-likeness (QED) is 0.891. The van der Waals surface area contributed by atoms with Crippen molar-refractivity contribution in [2.24, 2.45) is 5.73 Å². The van der Waals surface area contributed by atoms with Gasteiger partial charge < -0.3 is 10.6 Å². The molecule has 108 valence electrons. The van der Waals surface area contributed by atoms with Gasteiger partial charge in [0.15, 0.2) is 0 Å². The molecule has 0 aliphatic carbocycles. The maximum absolute atomic E-state index is 13.1. The summed E-state index contributed by atoms with van der Waals surface area (Å²) in [5.41, 5.74) is 5.66. The first-order valence-corrected chi connectivity index (χ1v) is 6.48. The average molecular weight is 274 g/mol. The van der Waals surface area contributed by atoms with Crippen LogP contribution in [-0.4, -0.2) is 19.1 Å². The van der Waals surface area contributed by atoms with Gasteiger partial charge in [-0.3, -0.25) is 0 Å². The van der Waals surface area contributed by atoms with Gasteiger partial charge in [-0.1, -0.05) is 6.07 Å². The van der Waals surface area contributed by atoms with Crippen molar-refractivity contribution in [3.63, 3.8) is 0 Å². The number of hydrogen-bond donors (Lipinski definition) is 1. The van der Waals surface area contributed by atoms with E-state index in [-0.39, 0.29) is 24.6 Å². The fourth-order valence-corrected chi connectivity index (χ4v) is 2.23. The van der Waals surface area contributed by atoms with Crippen LogP contribution in [0.5, 0.6) is 0 Å². The molecule has 19 heavy (non-hydrogen) atoms. The highest BCUT2D eigenvalue weighted by Crippen LogP contribution is 2.35. The van der Waals surface area contributed by atoms with Crippen LogP contribution in [0.4, 0.5) is 18.9 Å². The van der Waals surface area contributed by atoms with Gasteiger partial charge >= 0.3 is 6.18 Å². The summed E-state index contributed by atoms with van der Waals surface area (Å²) < 4.78 is 39.2. The molecule has 2 N–H and O–H groups in total. The van der Waals surface area contributed by atoms with E-state index in [1.54, 1.807) is 6.07 Å². The van der Waals surface area contributed by atoms with E-state index in [1.807, 2.05) is 25.7 Å². The van der Waals surface area contributed by atoms with Gasteiger partial charge in [0.05, 0.1) is 5.56 Å². The largest absolute Gasteiger partial charge is 0.416 e. The van der Waals surface area contributed by atoms with E-state index < -0.39 is 11.7 Å².